The zero-order chi connectivity index (χ0) is 11.7. The van der Waals surface area contributed by atoms with Gasteiger partial charge in [0.15, 0.2) is 0 Å². The second kappa shape index (κ2) is 4.37. The van der Waals surface area contributed by atoms with Crippen LogP contribution in [0.5, 0.6) is 0 Å². The highest BCUT2D eigenvalue weighted by molar-refractivity contribution is 5.68. The average Bonchev–Trinajstić information content (AvgIpc) is 2.64. The van der Waals surface area contributed by atoms with E-state index in [1.54, 1.807) is 4.90 Å². The second-order valence-corrected chi connectivity index (χ2v) is 4.72. The molecule has 1 amide bonds. The van der Waals surface area contributed by atoms with Crippen LogP contribution in [-0.2, 0) is 11.3 Å². The van der Waals surface area contributed by atoms with Gasteiger partial charge in [-0.15, -0.1) is 0 Å². The van der Waals surface area contributed by atoms with Crippen molar-refractivity contribution in [3.63, 3.8) is 0 Å². The zero-order valence-corrected chi connectivity index (χ0v) is 9.63. The summed E-state index contributed by atoms with van der Waals surface area (Å²) in [6.45, 7) is 3.02. The number of fused-ring (bicyclic) bond motifs is 1. The lowest BCUT2D eigenvalue weighted by atomic mass is 9.96. The van der Waals surface area contributed by atoms with E-state index < -0.39 is 0 Å². The van der Waals surface area contributed by atoms with Crippen molar-refractivity contribution in [3.05, 3.63) is 35.9 Å². The SMILES string of the molecule is O=C(OCc1ccccc1)N1C[C@H]2CN[C@@H]2C1. The summed E-state index contributed by atoms with van der Waals surface area (Å²) in [5.74, 6) is 0.638. The number of hydrogen-bond acceptors (Lipinski definition) is 3. The van der Waals surface area contributed by atoms with Gasteiger partial charge >= 0.3 is 6.09 Å². The van der Waals surface area contributed by atoms with E-state index in [4.69, 9.17) is 4.74 Å². The average molecular weight is 232 g/mol. The summed E-state index contributed by atoms with van der Waals surface area (Å²) >= 11 is 0. The van der Waals surface area contributed by atoms with Gasteiger partial charge in [0, 0.05) is 31.6 Å². The predicted octanol–water partition coefficient (Wildman–Crippen LogP) is 1.23. The smallest absolute Gasteiger partial charge is 0.410 e. The summed E-state index contributed by atoms with van der Waals surface area (Å²) in [6.07, 6.45) is -0.190. The quantitative estimate of drug-likeness (QED) is 0.833. The standard InChI is InChI=1S/C13H16N2O2/c16-13(15-7-11-6-14-12(11)8-15)17-9-10-4-2-1-3-5-10/h1-5,11-12,14H,6-9H2/t11-,12-/m1/s1. The van der Waals surface area contributed by atoms with Crippen LogP contribution in [0.1, 0.15) is 5.56 Å². The Morgan fingerprint density at radius 3 is 2.76 bits per heavy atom. The molecular weight excluding hydrogens is 216 g/mol. The van der Waals surface area contributed by atoms with E-state index in [1.165, 1.54) is 0 Å². The molecule has 0 radical (unpaired) electrons. The molecule has 2 fully saturated rings. The van der Waals surface area contributed by atoms with Gasteiger partial charge in [-0.25, -0.2) is 4.79 Å². The van der Waals surface area contributed by atoms with Gasteiger partial charge in [-0.1, -0.05) is 30.3 Å². The Labute approximate surface area is 101 Å². The second-order valence-electron chi connectivity index (χ2n) is 4.72. The van der Waals surface area contributed by atoms with Crippen molar-refractivity contribution in [3.8, 4) is 0 Å². The van der Waals surface area contributed by atoms with E-state index in [9.17, 15) is 4.79 Å². The number of hydrogen-bond donors (Lipinski definition) is 1. The monoisotopic (exact) mass is 232 g/mol. The Morgan fingerprint density at radius 2 is 2.18 bits per heavy atom. The third kappa shape index (κ3) is 2.13. The molecule has 1 aromatic rings. The summed E-state index contributed by atoms with van der Waals surface area (Å²) in [5, 5.41) is 3.32. The number of amides is 1. The fourth-order valence-corrected chi connectivity index (χ4v) is 2.41. The molecule has 0 unspecified atom stereocenters. The lowest BCUT2D eigenvalue weighted by Gasteiger charge is -2.29. The molecule has 0 bridgehead atoms. The van der Waals surface area contributed by atoms with Crippen LogP contribution in [0.15, 0.2) is 30.3 Å². The first-order chi connectivity index (χ1) is 8.33. The van der Waals surface area contributed by atoms with Crippen molar-refractivity contribution < 1.29 is 9.53 Å². The maximum absolute atomic E-state index is 11.8. The Kier molecular flexibility index (Phi) is 2.73. The topological polar surface area (TPSA) is 41.6 Å². The molecule has 3 rings (SSSR count). The number of nitrogens with zero attached hydrogens (tertiary/aromatic N) is 1. The Bertz CT molecular complexity index is 395. The molecule has 0 aliphatic carbocycles. The van der Waals surface area contributed by atoms with Crippen molar-refractivity contribution in [1.29, 1.82) is 0 Å². The first-order valence-electron chi connectivity index (χ1n) is 6.02. The van der Waals surface area contributed by atoms with Crippen molar-refractivity contribution in [1.82, 2.24) is 10.2 Å². The number of benzene rings is 1. The summed E-state index contributed by atoms with van der Waals surface area (Å²) in [7, 11) is 0. The number of likely N-dealkylation sites (tertiary alicyclic amines) is 1. The number of carbonyl (C=O) groups excluding carboxylic acids is 1. The fraction of sp³-hybridized carbons (Fsp3) is 0.462. The molecular formula is C13H16N2O2. The van der Waals surface area contributed by atoms with Crippen molar-refractivity contribution in [2.45, 2.75) is 12.6 Å². The van der Waals surface area contributed by atoms with Gasteiger partial charge in [0.1, 0.15) is 6.61 Å². The molecule has 90 valence electrons. The molecule has 2 heterocycles. The number of nitrogens with one attached hydrogen (secondary N) is 1. The third-order valence-electron chi connectivity index (χ3n) is 3.55. The van der Waals surface area contributed by atoms with Gasteiger partial charge in [0.2, 0.25) is 0 Å². The van der Waals surface area contributed by atoms with E-state index in [0.29, 0.717) is 18.6 Å². The molecule has 2 saturated heterocycles. The minimum absolute atomic E-state index is 0.190. The normalized spacial score (nSPS) is 26.2. The molecule has 1 N–H and O–H groups in total. The fourth-order valence-electron chi connectivity index (χ4n) is 2.41. The van der Waals surface area contributed by atoms with Crippen molar-refractivity contribution >= 4 is 6.09 Å². The maximum atomic E-state index is 11.8. The van der Waals surface area contributed by atoms with Crippen LogP contribution in [0.3, 0.4) is 0 Å². The lowest BCUT2D eigenvalue weighted by molar-refractivity contribution is 0.103. The number of ether oxygens (including phenoxy) is 1. The summed E-state index contributed by atoms with van der Waals surface area (Å²) < 4.78 is 5.30. The minimum atomic E-state index is -0.190. The number of rotatable bonds is 2. The van der Waals surface area contributed by atoms with Crippen LogP contribution in [0.4, 0.5) is 4.79 Å². The summed E-state index contributed by atoms with van der Waals surface area (Å²) in [5.41, 5.74) is 1.03. The third-order valence-corrected chi connectivity index (χ3v) is 3.55. The highest BCUT2D eigenvalue weighted by Gasteiger charge is 2.41. The van der Waals surface area contributed by atoms with Crippen LogP contribution in [0, 0.1) is 5.92 Å². The van der Waals surface area contributed by atoms with Gasteiger partial charge in [-0.05, 0) is 5.56 Å². The summed E-state index contributed by atoms with van der Waals surface area (Å²) in [6, 6.07) is 10.3. The van der Waals surface area contributed by atoms with Gasteiger partial charge in [0.25, 0.3) is 0 Å². The Hall–Kier alpha value is -1.55. The molecule has 0 aromatic heterocycles. The molecule has 0 spiro atoms. The molecule has 2 aliphatic rings. The van der Waals surface area contributed by atoms with E-state index in [0.717, 1.165) is 25.2 Å². The van der Waals surface area contributed by atoms with Gasteiger partial charge in [-0.2, -0.15) is 0 Å². The van der Waals surface area contributed by atoms with Crippen LogP contribution in [0.25, 0.3) is 0 Å². The van der Waals surface area contributed by atoms with Crippen LogP contribution in [0.2, 0.25) is 0 Å². The van der Waals surface area contributed by atoms with Gasteiger partial charge < -0.3 is 15.0 Å². The molecule has 4 nitrogen and oxygen atoms in total. The lowest BCUT2D eigenvalue weighted by Crippen LogP contribution is -2.51. The molecule has 1 aromatic carbocycles. The first-order valence-corrected chi connectivity index (χ1v) is 6.02. The Balaban J connectivity index is 1.51. The zero-order valence-electron chi connectivity index (χ0n) is 9.63. The molecule has 17 heavy (non-hydrogen) atoms. The van der Waals surface area contributed by atoms with Gasteiger partial charge in [-0.3, -0.25) is 0 Å². The number of carbonyl (C=O) groups is 1. The molecule has 2 atom stereocenters. The van der Waals surface area contributed by atoms with Crippen LogP contribution in [-0.4, -0.2) is 36.7 Å². The molecule has 0 saturated carbocycles. The highest BCUT2D eigenvalue weighted by Crippen LogP contribution is 2.23. The van der Waals surface area contributed by atoms with E-state index in [1.807, 2.05) is 30.3 Å². The predicted molar refractivity (Wildman–Crippen MR) is 63.5 cm³/mol. The van der Waals surface area contributed by atoms with Crippen molar-refractivity contribution in [2.75, 3.05) is 19.6 Å². The first kappa shape index (κ1) is 10.6. The van der Waals surface area contributed by atoms with E-state index >= 15 is 0 Å². The minimum Gasteiger partial charge on any atom is -0.445 e. The van der Waals surface area contributed by atoms with Gasteiger partial charge in [0.05, 0.1) is 0 Å². The Morgan fingerprint density at radius 1 is 1.35 bits per heavy atom. The van der Waals surface area contributed by atoms with Crippen molar-refractivity contribution in [2.24, 2.45) is 5.92 Å². The van der Waals surface area contributed by atoms with Crippen LogP contribution < -0.4 is 5.32 Å². The maximum Gasteiger partial charge on any atom is 0.410 e. The largest absolute Gasteiger partial charge is 0.445 e. The summed E-state index contributed by atoms with van der Waals surface area (Å²) in [4.78, 5) is 13.6. The molecule has 2 aliphatic heterocycles. The van der Waals surface area contributed by atoms with E-state index in [-0.39, 0.29) is 6.09 Å². The van der Waals surface area contributed by atoms with E-state index in [2.05, 4.69) is 5.32 Å². The van der Waals surface area contributed by atoms with Crippen LogP contribution >= 0.6 is 0 Å². The molecule has 4 heteroatoms. The highest BCUT2D eigenvalue weighted by atomic mass is 16.6.